The van der Waals surface area contributed by atoms with Crippen molar-refractivity contribution in [3.8, 4) is 0 Å². The van der Waals surface area contributed by atoms with Gasteiger partial charge in [-0.05, 0) is 32.3 Å². The first-order valence-corrected chi connectivity index (χ1v) is 10.9. The molecule has 0 aromatic heterocycles. The fourth-order valence-electron chi connectivity index (χ4n) is 4.06. The van der Waals surface area contributed by atoms with Gasteiger partial charge in [0, 0.05) is 57.9 Å². The van der Waals surface area contributed by atoms with E-state index in [-0.39, 0.29) is 0 Å². The number of morpholine rings is 1. The molecule has 6 nitrogen and oxygen atoms in total. The molecule has 3 rings (SSSR count). The maximum absolute atomic E-state index is 5.41. The van der Waals surface area contributed by atoms with Crippen LogP contribution in [-0.4, -0.2) is 80.3 Å². The van der Waals surface area contributed by atoms with E-state index >= 15 is 0 Å². The van der Waals surface area contributed by atoms with Crippen molar-refractivity contribution in [2.75, 3.05) is 52.5 Å². The third-order valence-electron chi connectivity index (χ3n) is 5.62. The number of nitrogens with one attached hydrogen (secondary N) is 2. The van der Waals surface area contributed by atoms with Crippen molar-refractivity contribution in [1.29, 1.82) is 0 Å². The molecule has 0 saturated carbocycles. The van der Waals surface area contributed by atoms with Crippen LogP contribution in [0, 0.1) is 0 Å². The van der Waals surface area contributed by atoms with Crippen LogP contribution in [0.4, 0.5) is 0 Å². The van der Waals surface area contributed by atoms with Crippen LogP contribution in [0.5, 0.6) is 0 Å². The Labute approximate surface area is 170 Å². The van der Waals surface area contributed by atoms with Crippen molar-refractivity contribution in [3.63, 3.8) is 0 Å². The number of guanidine groups is 1. The Morgan fingerprint density at radius 2 is 2.00 bits per heavy atom. The van der Waals surface area contributed by atoms with E-state index in [1.54, 1.807) is 0 Å². The second-order valence-corrected chi connectivity index (χ2v) is 7.91. The van der Waals surface area contributed by atoms with Crippen LogP contribution in [0.3, 0.4) is 0 Å². The van der Waals surface area contributed by atoms with Crippen LogP contribution in [0.25, 0.3) is 0 Å². The number of hydrogen-bond donors (Lipinski definition) is 2. The number of ether oxygens (including phenoxy) is 1. The second-order valence-electron chi connectivity index (χ2n) is 7.91. The lowest BCUT2D eigenvalue weighted by Crippen LogP contribution is -2.44. The molecule has 1 aromatic rings. The van der Waals surface area contributed by atoms with Crippen LogP contribution in [0.15, 0.2) is 35.3 Å². The third-order valence-corrected chi connectivity index (χ3v) is 5.62. The standard InChI is InChI=1S/C22H37N5O/c1-3-23-22(24-10-7-11-26-12-14-28-15-13-26)25-21-16-19(2)27(18-21)17-20-8-5-4-6-9-20/h4-6,8-9,19,21H,3,7,10-18H2,1-2H3,(H2,23,24,25). The van der Waals surface area contributed by atoms with Crippen LogP contribution < -0.4 is 10.6 Å². The number of nitrogens with zero attached hydrogens (tertiary/aromatic N) is 3. The molecule has 2 aliphatic rings. The summed E-state index contributed by atoms with van der Waals surface area (Å²) in [6, 6.07) is 11.8. The summed E-state index contributed by atoms with van der Waals surface area (Å²) in [5.41, 5.74) is 1.39. The van der Waals surface area contributed by atoms with E-state index in [1.807, 2.05) is 0 Å². The minimum Gasteiger partial charge on any atom is -0.379 e. The SMILES string of the molecule is CCNC(=NCCCN1CCOCC1)NC1CC(C)N(Cc2ccccc2)C1. The van der Waals surface area contributed by atoms with Crippen molar-refractivity contribution >= 4 is 5.96 Å². The highest BCUT2D eigenvalue weighted by atomic mass is 16.5. The Morgan fingerprint density at radius 1 is 1.21 bits per heavy atom. The molecule has 6 heteroatoms. The summed E-state index contributed by atoms with van der Waals surface area (Å²) >= 11 is 0. The van der Waals surface area contributed by atoms with E-state index < -0.39 is 0 Å². The lowest BCUT2D eigenvalue weighted by atomic mass is 10.2. The summed E-state index contributed by atoms with van der Waals surface area (Å²) in [6.07, 6.45) is 2.25. The van der Waals surface area contributed by atoms with Crippen LogP contribution >= 0.6 is 0 Å². The van der Waals surface area contributed by atoms with Crippen molar-refractivity contribution in [1.82, 2.24) is 20.4 Å². The van der Waals surface area contributed by atoms with Gasteiger partial charge in [0.05, 0.1) is 13.2 Å². The van der Waals surface area contributed by atoms with Crippen LogP contribution in [0.2, 0.25) is 0 Å². The van der Waals surface area contributed by atoms with Crippen LogP contribution in [0.1, 0.15) is 32.3 Å². The molecule has 2 atom stereocenters. The molecular weight excluding hydrogens is 350 g/mol. The molecule has 0 radical (unpaired) electrons. The van der Waals surface area contributed by atoms with Crippen molar-refractivity contribution in [2.45, 2.75) is 45.3 Å². The molecule has 0 aliphatic carbocycles. The second kappa shape index (κ2) is 11.4. The first-order chi connectivity index (χ1) is 13.7. The van der Waals surface area contributed by atoms with Crippen LogP contribution in [-0.2, 0) is 11.3 Å². The molecule has 0 amide bonds. The molecule has 0 spiro atoms. The average molecular weight is 388 g/mol. The largest absolute Gasteiger partial charge is 0.379 e. The fourth-order valence-corrected chi connectivity index (χ4v) is 4.06. The van der Waals surface area contributed by atoms with Gasteiger partial charge in [-0.3, -0.25) is 14.8 Å². The fraction of sp³-hybridized carbons (Fsp3) is 0.682. The maximum Gasteiger partial charge on any atom is 0.191 e. The smallest absolute Gasteiger partial charge is 0.191 e. The highest BCUT2D eigenvalue weighted by molar-refractivity contribution is 5.80. The Kier molecular flexibility index (Phi) is 8.58. The number of aliphatic imine (C=N–C) groups is 1. The summed E-state index contributed by atoms with van der Waals surface area (Å²) in [7, 11) is 0. The van der Waals surface area contributed by atoms with Gasteiger partial charge in [0.1, 0.15) is 0 Å². The molecule has 0 bridgehead atoms. The molecule has 2 aliphatic heterocycles. The first kappa shape index (κ1) is 21.1. The molecule has 2 fully saturated rings. The zero-order valence-corrected chi connectivity index (χ0v) is 17.6. The number of rotatable bonds is 8. The van der Waals surface area contributed by atoms with Crippen molar-refractivity contribution in [2.24, 2.45) is 4.99 Å². The summed E-state index contributed by atoms with van der Waals surface area (Å²) in [6.45, 7) is 13.3. The van der Waals surface area contributed by atoms with Gasteiger partial charge in [0.2, 0.25) is 0 Å². The zero-order valence-electron chi connectivity index (χ0n) is 17.6. The average Bonchev–Trinajstić information content (AvgIpc) is 3.05. The zero-order chi connectivity index (χ0) is 19.6. The Bertz CT molecular complexity index is 588. The molecule has 2 heterocycles. The van der Waals surface area contributed by atoms with E-state index in [4.69, 9.17) is 9.73 Å². The topological polar surface area (TPSA) is 52.1 Å². The first-order valence-electron chi connectivity index (χ1n) is 10.9. The molecule has 2 N–H and O–H groups in total. The van der Waals surface area contributed by atoms with Gasteiger partial charge in [-0.2, -0.15) is 0 Å². The summed E-state index contributed by atoms with van der Waals surface area (Å²) < 4.78 is 5.41. The normalized spacial score (nSPS) is 24.4. The number of hydrogen-bond acceptors (Lipinski definition) is 4. The van der Waals surface area contributed by atoms with Gasteiger partial charge in [-0.1, -0.05) is 30.3 Å². The Morgan fingerprint density at radius 3 is 2.75 bits per heavy atom. The Hall–Kier alpha value is -1.63. The minimum absolute atomic E-state index is 0.454. The van der Waals surface area contributed by atoms with Crippen molar-refractivity contribution in [3.05, 3.63) is 35.9 Å². The maximum atomic E-state index is 5.41. The molecule has 2 saturated heterocycles. The molecule has 2 unspecified atom stereocenters. The van der Waals surface area contributed by atoms with Gasteiger partial charge in [0.15, 0.2) is 5.96 Å². The third kappa shape index (κ3) is 6.76. The van der Waals surface area contributed by atoms with Gasteiger partial charge >= 0.3 is 0 Å². The van der Waals surface area contributed by atoms with E-state index in [9.17, 15) is 0 Å². The molecule has 28 heavy (non-hydrogen) atoms. The van der Waals surface area contributed by atoms with Crippen molar-refractivity contribution < 1.29 is 4.74 Å². The van der Waals surface area contributed by atoms with E-state index in [0.29, 0.717) is 12.1 Å². The summed E-state index contributed by atoms with van der Waals surface area (Å²) in [5.74, 6) is 0.961. The minimum atomic E-state index is 0.454. The van der Waals surface area contributed by atoms with E-state index in [2.05, 4.69) is 64.6 Å². The van der Waals surface area contributed by atoms with Gasteiger partial charge in [-0.25, -0.2) is 0 Å². The van der Waals surface area contributed by atoms with Gasteiger partial charge in [-0.15, -0.1) is 0 Å². The molecule has 156 valence electrons. The molecule has 1 aromatic carbocycles. The molecular formula is C22H37N5O. The lowest BCUT2D eigenvalue weighted by Gasteiger charge is -2.26. The highest BCUT2D eigenvalue weighted by Crippen LogP contribution is 2.20. The quantitative estimate of drug-likeness (QED) is 0.406. The summed E-state index contributed by atoms with van der Waals surface area (Å²) in [4.78, 5) is 9.85. The van der Waals surface area contributed by atoms with E-state index in [0.717, 1.165) is 77.8 Å². The predicted molar refractivity (Wildman–Crippen MR) is 116 cm³/mol. The lowest BCUT2D eigenvalue weighted by molar-refractivity contribution is 0.0377. The van der Waals surface area contributed by atoms with E-state index in [1.165, 1.54) is 5.56 Å². The van der Waals surface area contributed by atoms with Gasteiger partial charge < -0.3 is 15.4 Å². The highest BCUT2D eigenvalue weighted by Gasteiger charge is 2.29. The number of benzene rings is 1. The number of likely N-dealkylation sites (tertiary alicyclic amines) is 1. The monoisotopic (exact) mass is 387 g/mol. The predicted octanol–water partition coefficient (Wildman–Crippen LogP) is 1.93. The van der Waals surface area contributed by atoms with Gasteiger partial charge in [0.25, 0.3) is 0 Å². The summed E-state index contributed by atoms with van der Waals surface area (Å²) in [5, 5.41) is 7.08. The Balaban J connectivity index is 1.43.